The number of rotatable bonds is 5. The highest BCUT2D eigenvalue weighted by atomic mass is 35.5. The van der Waals surface area contributed by atoms with Crippen molar-refractivity contribution in [1.82, 2.24) is 15.3 Å². The van der Waals surface area contributed by atoms with E-state index in [0.717, 1.165) is 12.3 Å². The fraction of sp³-hybridized carbons (Fsp3) is 0.333. The van der Waals surface area contributed by atoms with Crippen molar-refractivity contribution in [2.45, 2.75) is 6.54 Å². The first-order valence-corrected chi connectivity index (χ1v) is 7.36. The van der Waals surface area contributed by atoms with Crippen molar-refractivity contribution >= 4 is 34.3 Å². The molecule has 0 aliphatic heterocycles. The molecule has 0 radical (unpaired) electrons. The third kappa shape index (κ3) is 3.25. The van der Waals surface area contributed by atoms with Crippen LogP contribution in [0.15, 0.2) is 23.0 Å². The van der Waals surface area contributed by atoms with Crippen LogP contribution >= 0.6 is 23.4 Å². The minimum Gasteiger partial charge on any atom is -0.309 e. The van der Waals surface area contributed by atoms with Crippen LogP contribution in [0.5, 0.6) is 0 Å². The van der Waals surface area contributed by atoms with Crippen molar-refractivity contribution in [3.8, 4) is 0 Å². The third-order valence-corrected chi connectivity index (χ3v) is 3.34. The first kappa shape index (κ1) is 13.4. The Morgan fingerprint density at radius 2 is 2.33 bits per heavy atom. The lowest BCUT2D eigenvalue weighted by Crippen LogP contribution is -2.21. The van der Waals surface area contributed by atoms with E-state index in [4.69, 9.17) is 11.6 Å². The minimum atomic E-state index is -0.127. The molecule has 2 aromatic rings. The Labute approximate surface area is 114 Å². The number of nitrogens with zero attached hydrogens (tertiary/aromatic N) is 1. The second-order valence-corrected chi connectivity index (χ2v) is 5.27. The maximum absolute atomic E-state index is 11.8. The lowest BCUT2D eigenvalue weighted by atomic mass is 10.2. The van der Waals surface area contributed by atoms with E-state index in [2.05, 4.69) is 21.5 Å². The first-order valence-electron chi connectivity index (χ1n) is 5.59. The fourth-order valence-corrected chi connectivity index (χ4v) is 2.14. The van der Waals surface area contributed by atoms with Crippen molar-refractivity contribution in [2.24, 2.45) is 0 Å². The molecule has 2 N–H and O–H groups in total. The van der Waals surface area contributed by atoms with Crippen LogP contribution in [0.2, 0.25) is 5.02 Å². The van der Waals surface area contributed by atoms with Gasteiger partial charge in [-0.05, 0) is 24.5 Å². The van der Waals surface area contributed by atoms with Crippen molar-refractivity contribution in [3.05, 3.63) is 39.4 Å². The average Bonchev–Trinajstić information content (AvgIpc) is 2.34. The number of H-pyrrole nitrogens is 1. The molecule has 0 aliphatic carbocycles. The Hall–Kier alpha value is -1.04. The van der Waals surface area contributed by atoms with E-state index in [9.17, 15) is 4.79 Å². The van der Waals surface area contributed by atoms with E-state index in [1.165, 1.54) is 0 Å². The van der Waals surface area contributed by atoms with E-state index in [1.807, 2.05) is 0 Å². The normalized spacial score (nSPS) is 11.0. The summed E-state index contributed by atoms with van der Waals surface area (Å²) in [5.74, 6) is 1.67. The van der Waals surface area contributed by atoms with Gasteiger partial charge in [0.1, 0.15) is 5.82 Å². The average molecular weight is 284 g/mol. The Kier molecular flexibility index (Phi) is 4.63. The molecule has 0 saturated carbocycles. The summed E-state index contributed by atoms with van der Waals surface area (Å²) >= 11 is 7.67. The highest BCUT2D eigenvalue weighted by Crippen LogP contribution is 2.14. The molecule has 2 rings (SSSR count). The largest absolute Gasteiger partial charge is 0.309 e. The molecular formula is C12H14ClN3OS. The van der Waals surface area contributed by atoms with Crippen molar-refractivity contribution in [2.75, 3.05) is 18.6 Å². The predicted molar refractivity (Wildman–Crippen MR) is 77.5 cm³/mol. The van der Waals surface area contributed by atoms with E-state index in [-0.39, 0.29) is 5.56 Å². The standard InChI is InChI=1S/C12H14ClN3OS/c1-18-5-4-14-7-11-15-10-6-8(13)2-3-9(10)12(17)16-11/h2-3,6,14H,4-5,7H2,1H3,(H,15,16,17). The van der Waals surface area contributed by atoms with E-state index >= 15 is 0 Å². The van der Waals surface area contributed by atoms with Gasteiger partial charge >= 0.3 is 0 Å². The molecule has 0 amide bonds. The van der Waals surface area contributed by atoms with Gasteiger partial charge in [0.2, 0.25) is 0 Å². The topological polar surface area (TPSA) is 57.8 Å². The molecule has 0 saturated heterocycles. The van der Waals surface area contributed by atoms with E-state index in [0.29, 0.717) is 28.3 Å². The quantitative estimate of drug-likeness (QED) is 0.825. The second-order valence-electron chi connectivity index (χ2n) is 3.84. The van der Waals surface area contributed by atoms with Crippen LogP contribution in [-0.2, 0) is 6.54 Å². The number of halogens is 1. The molecule has 0 fully saturated rings. The molecule has 0 aliphatic rings. The summed E-state index contributed by atoms with van der Waals surface area (Å²) in [6, 6.07) is 5.09. The van der Waals surface area contributed by atoms with Gasteiger partial charge in [0.15, 0.2) is 0 Å². The van der Waals surface area contributed by atoms with Crippen LogP contribution in [0.1, 0.15) is 5.82 Å². The molecule has 18 heavy (non-hydrogen) atoms. The lowest BCUT2D eigenvalue weighted by Gasteiger charge is -2.04. The smallest absolute Gasteiger partial charge is 0.258 e. The SMILES string of the molecule is CSCCNCc1nc2cc(Cl)ccc2c(=O)[nH]1. The summed E-state index contributed by atoms with van der Waals surface area (Å²) in [6.45, 7) is 1.44. The number of hydrogen-bond donors (Lipinski definition) is 2. The molecule has 1 aromatic heterocycles. The van der Waals surface area contributed by atoms with Crippen LogP contribution < -0.4 is 10.9 Å². The monoisotopic (exact) mass is 283 g/mol. The summed E-state index contributed by atoms with van der Waals surface area (Å²) in [6.07, 6.45) is 2.06. The van der Waals surface area contributed by atoms with Gasteiger partial charge < -0.3 is 10.3 Å². The Morgan fingerprint density at radius 1 is 1.50 bits per heavy atom. The van der Waals surface area contributed by atoms with Crippen molar-refractivity contribution in [1.29, 1.82) is 0 Å². The zero-order valence-electron chi connectivity index (χ0n) is 10.00. The number of thioether (sulfide) groups is 1. The third-order valence-electron chi connectivity index (χ3n) is 2.49. The summed E-state index contributed by atoms with van der Waals surface area (Å²) in [5, 5.41) is 4.37. The summed E-state index contributed by atoms with van der Waals surface area (Å²) < 4.78 is 0. The Balaban J connectivity index is 2.22. The number of benzene rings is 1. The van der Waals surface area contributed by atoms with E-state index < -0.39 is 0 Å². The molecule has 1 heterocycles. The number of nitrogens with one attached hydrogen (secondary N) is 2. The summed E-state index contributed by atoms with van der Waals surface area (Å²) in [5.41, 5.74) is 0.506. The van der Waals surface area contributed by atoms with Gasteiger partial charge in [0.25, 0.3) is 5.56 Å². The molecular weight excluding hydrogens is 270 g/mol. The molecule has 0 bridgehead atoms. The zero-order chi connectivity index (χ0) is 13.0. The minimum absolute atomic E-state index is 0.127. The molecule has 0 unspecified atom stereocenters. The Morgan fingerprint density at radius 3 is 3.11 bits per heavy atom. The zero-order valence-corrected chi connectivity index (χ0v) is 11.6. The predicted octanol–water partition coefficient (Wildman–Crippen LogP) is 2.03. The van der Waals surface area contributed by atoms with Gasteiger partial charge in [0, 0.05) is 17.3 Å². The number of aromatic nitrogens is 2. The Bertz CT molecular complexity index is 599. The molecule has 0 atom stereocenters. The highest BCUT2D eigenvalue weighted by Gasteiger charge is 2.04. The molecule has 6 heteroatoms. The van der Waals surface area contributed by atoms with Gasteiger partial charge in [-0.3, -0.25) is 4.79 Å². The van der Waals surface area contributed by atoms with Crippen LogP contribution in [0, 0.1) is 0 Å². The van der Waals surface area contributed by atoms with Gasteiger partial charge in [-0.15, -0.1) is 0 Å². The van der Waals surface area contributed by atoms with Crippen molar-refractivity contribution < 1.29 is 0 Å². The second kappa shape index (κ2) is 6.22. The summed E-state index contributed by atoms with van der Waals surface area (Å²) in [4.78, 5) is 19.0. The number of hydrogen-bond acceptors (Lipinski definition) is 4. The van der Waals surface area contributed by atoms with Crippen LogP contribution in [-0.4, -0.2) is 28.5 Å². The van der Waals surface area contributed by atoms with Crippen LogP contribution in [0.25, 0.3) is 10.9 Å². The van der Waals surface area contributed by atoms with Crippen molar-refractivity contribution in [3.63, 3.8) is 0 Å². The number of aromatic amines is 1. The van der Waals surface area contributed by atoms with Gasteiger partial charge in [-0.25, -0.2) is 4.98 Å². The van der Waals surface area contributed by atoms with E-state index in [1.54, 1.807) is 30.0 Å². The van der Waals surface area contributed by atoms with Gasteiger partial charge in [-0.2, -0.15) is 11.8 Å². The maximum atomic E-state index is 11.8. The molecule has 96 valence electrons. The first-order chi connectivity index (χ1) is 8.70. The van der Waals surface area contributed by atoms with Gasteiger partial charge in [-0.1, -0.05) is 11.6 Å². The maximum Gasteiger partial charge on any atom is 0.258 e. The lowest BCUT2D eigenvalue weighted by molar-refractivity contribution is 0.695. The molecule has 1 aromatic carbocycles. The van der Waals surface area contributed by atoms with Gasteiger partial charge in [0.05, 0.1) is 17.4 Å². The van der Waals surface area contributed by atoms with Crippen LogP contribution in [0.3, 0.4) is 0 Å². The summed E-state index contributed by atoms with van der Waals surface area (Å²) in [7, 11) is 0. The van der Waals surface area contributed by atoms with Crippen LogP contribution in [0.4, 0.5) is 0 Å². The number of fused-ring (bicyclic) bond motifs is 1. The fourth-order valence-electron chi connectivity index (χ4n) is 1.63. The molecule has 0 spiro atoms. The highest BCUT2D eigenvalue weighted by molar-refractivity contribution is 7.98. The molecule has 4 nitrogen and oxygen atoms in total.